The first-order chi connectivity index (χ1) is 14.4. The van der Waals surface area contributed by atoms with Gasteiger partial charge in [-0.3, -0.25) is 4.79 Å². The highest BCUT2D eigenvalue weighted by molar-refractivity contribution is 6.14. The maximum Gasteiger partial charge on any atom is 0.419 e. The molecule has 0 N–H and O–H groups in total. The van der Waals surface area contributed by atoms with Crippen LogP contribution in [-0.2, 0) is 17.1 Å². The molecular weight excluding hydrogens is 432 g/mol. The summed E-state index contributed by atoms with van der Waals surface area (Å²) >= 11 is 0. The number of benzene rings is 2. The number of carbonyl (C=O) groups excluding carboxylic acids is 1. The molecule has 2 aromatic carbocycles. The smallest absolute Gasteiger partial charge is 0.289 e. The van der Waals surface area contributed by atoms with Gasteiger partial charge in [0.15, 0.2) is 5.78 Å². The monoisotopic (exact) mass is 446 g/mol. The number of Topliss-reactive ketones (excluding diaryl/α,β-unsaturated/α-hetero) is 1. The van der Waals surface area contributed by atoms with Crippen LogP contribution in [0.4, 0.5) is 35.1 Å². The van der Waals surface area contributed by atoms with Crippen LogP contribution in [0.1, 0.15) is 41.5 Å². The maximum atomic E-state index is 14.3. The number of halogens is 8. The van der Waals surface area contributed by atoms with Crippen LogP contribution in [0.5, 0.6) is 0 Å². The van der Waals surface area contributed by atoms with E-state index >= 15 is 0 Å². The largest absolute Gasteiger partial charge is 0.419 e. The summed E-state index contributed by atoms with van der Waals surface area (Å²) < 4.78 is 106. The molecule has 31 heavy (non-hydrogen) atoms. The van der Waals surface area contributed by atoms with Crippen LogP contribution >= 0.6 is 0 Å². The number of rotatable bonds is 2. The van der Waals surface area contributed by atoms with E-state index in [2.05, 4.69) is 0 Å². The van der Waals surface area contributed by atoms with Crippen molar-refractivity contribution in [2.45, 2.75) is 31.6 Å². The minimum absolute atomic E-state index is 0.0110. The van der Waals surface area contributed by atoms with Crippen molar-refractivity contribution in [1.82, 2.24) is 0 Å². The second-order valence-electron chi connectivity index (χ2n) is 6.93. The lowest BCUT2D eigenvalue weighted by Crippen LogP contribution is -2.14. The Labute approximate surface area is 171 Å². The topological polar surface area (TPSA) is 17.1 Å². The van der Waals surface area contributed by atoms with Gasteiger partial charge in [0.1, 0.15) is 11.6 Å². The number of alkyl halides is 6. The average Bonchev–Trinajstić information content (AvgIpc) is 2.66. The molecule has 0 aromatic heterocycles. The molecular formula is C22H14F8O. The molecule has 0 unspecified atom stereocenters. The minimum Gasteiger partial charge on any atom is -0.289 e. The van der Waals surface area contributed by atoms with Crippen LogP contribution in [0.3, 0.4) is 0 Å². The lowest BCUT2D eigenvalue weighted by molar-refractivity contribution is -0.140. The van der Waals surface area contributed by atoms with Crippen LogP contribution in [-0.4, -0.2) is 5.78 Å². The quantitative estimate of drug-likeness (QED) is 0.352. The zero-order valence-corrected chi connectivity index (χ0v) is 15.7. The Hall–Kier alpha value is -2.97. The van der Waals surface area contributed by atoms with Gasteiger partial charge in [-0.1, -0.05) is 24.3 Å². The van der Waals surface area contributed by atoms with Crippen LogP contribution < -0.4 is 0 Å². The first-order valence-electron chi connectivity index (χ1n) is 9.07. The van der Waals surface area contributed by atoms with Crippen molar-refractivity contribution >= 4 is 17.9 Å². The highest BCUT2D eigenvalue weighted by Gasteiger charge is 2.36. The van der Waals surface area contributed by atoms with Crippen molar-refractivity contribution < 1.29 is 39.9 Å². The molecule has 3 rings (SSSR count). The van der Waals surface area contributed by atoms with Gasteiger partial charge in [-0.25, -0.2) is 8.78 Å². The molecule has 1 saturated carbocycles. The Morgan fingerprint density at radius 3 is 1.42 bits per heavy atom. The van der Waals surface area contributed by atoms with E-state index in [-0.39, 0.29) is 24.0 Å². The van der Waals surface area contributed by atoms with Crippen molar-refractivity contribution in [3.8, 4) is 0 Å². The van der Waals surface area contributed by atoms with Gasteiger partial charge in [-0.05, 0) is 43.5 Å². The molecule has 1 fully saturated rings. The summed E-state index contributed by atoms with van der Waals surface area (Å²) in [6.07, 6.45) is -7.24. The van der Waals surface area contributed by atoms with Crippen molar-refractivity contribution in [1.29, 1.82) is 0 Å². The van der Waals surface area contributed by atoms with E-state index in [9.17, 15) is 39.9 Å². The summed E-state index contributed by atoms with van der Waals surface area (Å²) in [4.78, 5) is 12.7. The maximum absolute atomic E-state index is 14.3. The summed E-state index contributed by atoms with van der Waals surface area (Å²) in [5.74, 6) is -3.74. The number of hydrogen-bond donors (Lipinski definition) is 0. The lowest BCUT2D eigenvalue weighted by Gasteiger charge is -2.18. The predicted molar refractivity (Wildman–Crippen MR) is 97.6 cm³/mol. The standard InChI is InChI=1S/C22H14F8O/c23-18-12(4-2-8-16(18)21(25,26)27)10-14-6-1-7-15(20(14)31)11-13-5-3-9-17(19(13)24)22(28,29)30/h2-5,8-11H,1,6-7H2/b14-10+,15-11+. The predicted octanol–water partition coefficient (Wildman–Crippen LogP) is 7.22. The van der Waals surface area contributed by atoms with Gasteiger partial charge in [0.2, 0.25) is 0 Å². The number of carbonyl (C=O) groups is 1. The van der Waals surface area contributed by atoms with Crippen molar-refractivity contribution in [2.24, 2.45) is 0 Å². The minimum atomic E-state index is -4.92. The fraction of sp³-hybridized carbons (Fsp3) is 0.227. The van der Waals surface area contributed by atoms with Gasteiger partial charge < -0.3 is 0 Å². The molecule has 0 radical (unpaired) electrons. The van der Waals surface area contributed by atoms with Gasteiger partial charge >= 0.3 is 12.4 Å². The molecule has 1 aliphatic carbocycles. The van der Waals surface area contributed by atoms with Gasteiger partial charge in [0, 0.05) is 22.3 Å². The Morgan fingerprint density at radius 2 is 1.06 bits per heavy atom. The van der Waals surface area contributed by atoms with Crippen LogP contribution in [0.2, 0.25) is 0 Å². The number of allylic oxidation sites excluding steroid dienone is 2. The van der Waals surface area contributed by atoms with E-state index in [0.717, 1.165) is 36.4 Å². The van der Waals surface area contributed by atoms with Gasteiger partial charge in [0.25, 0.3) is 0 Å². The lowest BCUT2D eigenvalue weighted by atomic mass is 9.86. The summed E-state index contributed by atoms with van der Waals surface area (Å²) in [5.41, 5.74) is -3.86. The second-order valence-corrected chi connectivity index (χ2v) is 6.93. The zero-order chi connectivity index (χ0) is 23.0. The van der Waals surface area contributed by atoms with E-state index in [1.54, 1.807) is 0 Å². The van der Waals surface area contributed by atoms with E-state index in [0.29, 0.717) is 18.6 Å². The zero-order valence-electron chi connectivity index (χ0n) is 15.7. The van der Waals surface area contributed by atoms with E-state index in [4.69, 9.17) is 0 Å². The summed E-state index contributed by atoms with van der Waals surface area (Å²) in [5, 5.41) is 0. The summed E-state index contributed by atoms with van der Waals surface area (Å²) in [6.45, 7) is 0. The molecule has 1 aliphatic rings. The highest BCUT2D eigenvalue weighted by Crippen LogP contribution is 2.36. The fourth-order valence-electron chi connectivity index (χ4n) is 3.31. The molecule has 164 valence electrons. The third-order valence-corrected chi connectivity index (χ3v) is 4.80. The summed E-state index contributed by atoms with van der Waals surface area (Å²) in [7, 11) is 0. The van der Waals surface area contributed by atoms with Gasteiger partial charge in [0.05, 0.1) is 11.1 Å². The first-order valence-corrected chi connectivity index (χ1v) is 9.07. The molecule has 0 atom stereocenters. The summed E-state index contributed by atoms with van der Waals surface area (Å²) in [6, 6.07) is 5.30. The van der Waals surface area contributed by atoms with Crippen molar-refractivity contribution in [3.05, 3.63) is 81.4 Å². The number of ketones is 1. The normalized spacial score (nSPS) is 18.1. The van der Waals surface area contributed by atoms with Crippen LogP contribution in [0.15, 0.2) is 47.5 Å². The number of hydrogen-bond acceptors (Lipinski definition) is 1. The Kier molecular flexibility index (Phi) is 6.07. The Morgan fingerprint density at radius 1 is 0.677 bits per heavy atom. The van der Waals surface area contributed by atoms with Gasteiger partial charge in [-0.2, -0.15) is 26.3 Å². The third-order valence-electron chi connectivity index (χ3n) is 4.80. The average molecular weight is 446 g/mol. The molecule has 0 aliphatic heterocycles. The SMILES string of the molecule is O=C1/C(=C/c2cccc(C(F)(F)F)c2F)CCC/C1=C\c1cccc(C(F)(F)F)c1F. The van der Waals surface area contributed by atoms with Crippen LogP contribution in [0, 0.1) is 11.6 Å². The Balaban J connectivity index is 1.99. The molecule has 0 amide bonds. The third kappa shape index (κ3) is 4.86. The van der Waals surface area contributed by atoms with E-state index in [1.165, 1.54) is 0 Å². The molecule has 1 nitrogen and oxygen atoms in total. The van der Waals surface area contributed by atoms with Crippen molar-refractivity contribution in [3.63, 3.8) is 0 Å². The van der Waals surface area contributed by atoms with Crippen molar-refractivity contribution in [2.75, 3.05) is 0 Å². The molecule has 0 saturated heterocycles. The second kappa shape index (κ2) is 8.28. The highest BCUT2D eigenvalue weighted by atomic mass is 19.4. The van der Waals surface area contributed by atoms with E-state index < -0.39 is 52.0 Å². The van der Waals surface area contributed by atoms with E-state index in [1.807, 2.05) is 0 Å². The fourth-order valence-corrected chi connectivity index (χ4v) is 3.31. The van der Waals surface area contributed by atoms with Gasteiger partial charge in [-0.15, -0.1) is 0 Å². The first kappa shape index (κ1) is 22.7. The molecule has 2 aromatic rings. The molecule has 0 spiro atoms. The Bertz CT molecular complexity index is 990. The molecule has 0 heterocycles. The molecule has 0 bridgehead atoms. The van der Waals surface area contributed by atoms with Crippen LogP contribution in [0.25, 0.3) is 12.2 Å². The molecule has 9 heteroatoms.